The van der Waals surface area contributed by atoms with Crippen LogP contribution in [0.25, 0.3) is 5.32 Å². The van der Waals surface area contributed by atoms with E-state index < -0.39 is 0 Å². The molecule has 0 aromatic carbocycles. The Balaban J connectivity index is -0.000000300. The number of hydrogen-bond acceptors (Lipinski definition) is 0. The summed E-state index contributed by atoms with van der Waals surface area (Å²) in [4.78, 5) is 0. The molecule has 1 atom stereocenters. The summed E-state index contributed by atoms with van der Waals surface area (Å²) in [6.07, 6.45) is 8.91. The first-order valence-corrected chi connectivity index (χ1v) is 5.51. The molecule has 2 rings (SSSR count). The van der Waals surface area contributed by atoms with Gasteiger partial charge >= 0.3 is 21.7 Å². The van der Waals surface area contributed by atoms with Gasteiger partial charge in [0.1, 0.15) is 0 Å². The minimum atomic E-state index is 0. The predicted octanol–water partition coefficient (Wildman–Crippen LogP) is -2.12. The third-order valence-corrected chi connectivity index (χ3v) is 3.03. The van der Waals surface area contributed by atoms with Crippen LogP contribution in [0.3, 0.4) is 0 Å². The van der Waals surface area contributed by atoms with Crippen LogP contribution in [-0.2, 0) is 21.7 Å². The van der Waals surface area contributed by atoms with Crippen LogP contribution in [0.4, 0.5) is 0 Å². The Hall–Kier alpha value is 0.734. The fourth-order valence-electron chi connectivity index (χ4n) is 2.16. The van der Waals surface area contributed by atoms with Crippen molar-refractivity contribution in [2.24, 2.45) is 5.92 Å². The van der Waals surface area contributed by atoms with E-state index in [9.17, 15) is 0 Å². The monoisotopic (exact) mass is 309 g/mol. The molecule has 0 aromatic rings. The van der Waals surface area contributed by atoms with Crippen molar-refractivity contribution in [2.45, 2.75) is 39.5 Å². The van der Waals surface area contributed by atoms with Gasteiger partial charge in [0, 0.05) is 0 Å². The van der Waals surface area contributed by atoms with E-state index in [0.717, 1.165) is 0 Å². The van der Waals surface area contributed by atoms with Gasteiger partial charge in [-0.25, -0.2) is 17.2 Å². The number of nitrogens with zero attached hydrogens (tertiary/aromatic N) is 1. The fourth-order valence-corrected chi connectivity index (χ4v) is 2.16. The molecule has 4 heteroatoms. The van der Waals surface area contributed by atoms with Gasteiger partial charge in [0.15, 0.2) is 0 Å². The third-order valence-electron chi connectivity index (χ3n) is 3.03. The van der Waals surface area contributed by atoms with E-state index in [2.05, 4.69) is 25.2 Å². The van der Waals surface area contributed by atoms with Gasteiger partial charge in [-0.2, -0.15) is 19.7 Å². The summed E-state index contributed by atoms with van der Waals surface area (Å²) in [7, 11) is 3.50. The number of allylic oxidation sites excluding steroid dienone is 4. The molecular weight excluding hydrogens is 289 g/mol. The molecule has 96 valence electrons. The molecule has 0 amide bonds. The van der Waals surface area contributed by atoms with Crippen LogP contribution in [0.15, 0.2) is 16.7 Å². The van der Waals surface area contributed by atoms with Crippen molar-refractivity contribution in [3.63, 3.8) is 0 Å². The maximum atomic E-state index is 3.50. The van der Waals surface area contributed by atoms with Crippen LogP contribution >= 0.6 is 0 Å². The Morgan fingerprint density at radius 1 is 1.12 bits per heavy atom. The minimum absolute atomic E-state index is 0. The maximum absolute atomic E-state index is 3.50. The first kappa shape index (κ1) is 22.9. The Labute approximate surface area is 134 Å². The van der Waals surface area contributed by atoms with Gasteiger partial charge in [-0.15, -0.1) is 0 Å². The Morgan fingerprint density at radius 2 is 1.59 bits per heavy atom. The SMILES string of the molecule is CC1=[C-]C2=C(CCCC2)C1C.C[N-]C.[Cl-].[Cl-].[Ti+4]. The molecule has 0 aromatic heterocycles. The van der Waals surface area contributed by atoms with Crippen molar-refractivity contribution in [3.8, 4) is 0 Å². The first-order chi connectivity index (χ1) is 6.70. The van der Waals surface area contributed by atoms with Crippen LogP contribution < -0.4 is 24.8 Å². The zero-order valence-electron chi connectivity index (χ0n) is 11.1. The molecule has 0 N–H and O–H groups in total. The molecule has 2 aliphatic rings. The summed E-state index contributed by atoms with van der Waals surface area (Å²) in [5, 5.41) is 3.50. The summed E-state index contributed by atoms with van der Waals surface area (Å²) in [5.74, 6) is 0.713. The third kappa shape index (κ3) is 6.45. The zero-order chi connectivity index (χ0) is 10.6. The molecule has 0 heterocycles. The fraction of sp³-hybridized carbons (Fsp3) is 0.692. The molecule has 1 nitrogen and oxygen atoms in total. The molecule has 17 heavy (non-hydrogen) atoms. The Morgan fingerprint density at radius 3 is 2.06 bits per heavy atom. The van der Waals surface area contributed by atoms with Crippen LogP contribution in [0.5, 0.6) is 0 Å². The largest absolute Gasteiger partial charge is 4.00 e. The molecule has 1 unspecified atom stereocenters. The molecule has 0 bridgehead atoms. The molecule has 0 fully saturated rings. The second kappa shape index (κ2) is 11.8. The van der Waals surface area contributed by atoms with Gasteiger partial charge in [0.05, 0.1) is 0 Å². The summed E-state index contributed by atoms with van der Waals surface area (Å²) >= 11 is 0. The standard InChI is InChI=1S/C11H15.C2H6N.2ClH.Ti/c1-8-7-10-5-3-4-6-11(10)9(8)2;1-3-2;;;/h9H,3-6H2,1-2H3;1-2H3;2*1H;/q2*-1;;;+4/p-2. The van der Waals surface area contributed by atoms with Gasteiger partial charge in [-0.1, -0.05) is 45.4 Å². The van der Waals surface area contributed by atoms with Crippen molar-refractivity contribution in [1.82, 2.24) is 0 Å². The van der Waals surface area contributed by atoms with E-state index in [-0.39, 0.29) is 46.5 Å². The van der Waals surface area contributed by atoms with Crippen molar-refractivity contribution in [2.75, 3.05) is 14.1 Å². The van der Waals surface area contributed by atoms with Crippen molar-refractivity contribution >= 4 is 0 Å². The topological polar surface area (TPSA) is 14.1 Å². The average molecular weight is 310 g/mol. The zero-order valence-corrected chi connectivity index (χ0v) is 14.2. The number of rotatable bonds is 0. The molecule has 2 aliphatic carbocycles. The quantitative estimate of drug-likeness (QED) is 0.359. The summed E-state index contributed by atoms with van der Waals surface area (Å²) in [5.41, 5.74) is 4.69. The number of halogens is 2. The van der Waals surface area contributed by atoms with Crippen LogP contribution in [0.1, 0.15) is 39.5 Å². The number of hydrogen-bond donors (Lipinski definition) is 0. The van der Waals surface area contributed by atoms with E-state index in [0.29, 0.717) is 5.92 Å². The van der Waals surface area contributed by atoms with Crippen LogP contribution in [0, 0.1) is 12.0 Å². The van der Waals surface area contributed by atoms with Crippen LogP contribution in [-0.4, -0.2) is 14.1 Å². The van der Waals surface area contributed by atoms with E-state index in [4.69, 9.17) is 0 Å². The van der Waals surface area contributed by atoms with E-state index >= 15 is 0 Å². The van der Waals surface area contributed by atoms with Crippen molar-refractivity contribution in [1.29, 1.82) is 0 Å². The minimum Gasteiger partial charge on any atom is -1.00 e. The second-order valence-corrected chi connectivity index (χ2v) is 4.19. The molecule has 0 radical (unpaired) electrons. The van der Waals surface area contributed by atoms with Gasteiger partial charge in [0.25, 0.3) is 0 Å². The maximum Gasteiger partial charge on any atom is 4.00 e. The van der Waals surface area contributed by atoms with Gasteiger partial charge in [-0.05, 0) is 0 Å². The molecule has 0 aliphatic heterocycles. The summed E-state index contributed by atoms with van der Waals surface area (Å²) < 4.78 is 0. The normalized spacial score (nSPS) is 20.7. The van der Waals surface area contributed by atoms with Crippen molar-refractivity contribution in [3.05, 3.63) is 28.1 Å². The molecular formula is C13H21Cl2NTi. The van der Waals surface area contributed by atoms with E-state index in [1.54, 1.807) is 25.2 Å². The average Bonchev–Trinajstić information content (AvgIpc) is 2.45. The summed E-state index contributed by atoms with van der Waals surface area (Å²) in [6, 6.07) is 0. The van der Waals surface area contributed by atoms with E-state index in [1.807, 2.05) is 0 Å². The van der Waals surface area contributed by atoms with Crippen molar-refractivity contribution < 1.29 is 46.5 Å². The second-order valence-electron chi connectivity index (χ2n) is 4.19. The smallest absolute Gasteiger partial charge is 1.00 e. The predicted molar refractivity (Wildman–Crippen MR) is 62.3 cm³/mol. The molecule has 0 saturated carbocycles. The van der Waals surface area contributed by atoms with E-state index in [1.165, 1.54) is 31.3 Å². The van der Waals surface area contributed by atoms with Gasteiger partial charge in [-0.3, -0.25) is 0 Å². The van der Waals surface area contributed by atoms with Gasteiger partial charge < -0.3 is 30.1 Å². The molecule has 0 spiro atoms. The summed E-state index contributed by atoms with van der Waals surface area (Å²) in [6.45, 7) is 4.53. The van der Waals surface area contributed by atoms with Gasteiger partial charge in [0.2, 0.25) is 0 Å². The Kier molecular flexibility index (Phi) is 15.9. The first-order valence-electron chi connectivity index (χ1n) is 5.51. The molecule has 0 saturated heterocycles. The van der Waals surface area contributed by atoms with Crippen LogP contribution in [0.2, 0.25) is 0 Å². The Bertz CT molecular complexity index is 262.